The molecule has 2 rings (SSSR count). The number of nitrogens with zero attached hydrogens (tertiary/aromatic N) is 1. The summed E-state index contributed by atoms with van der Waals surface area (Å²) in [6, 6.07) is 7.56. The number of aryl methyl sites for hydroxylation is 2. The van der Waals surface area contributed by atoms with Crippen molar-refractivity contribution in [1.82, 2.24) is 10.3 Å². The van der Waals surface area contributed by atoms with Crippen molar-refractivity contribution in [3.8, 4) is 0 Å². The van der Waals surface area contributed by atoms with Crippen molar-refractivity contribution in [2.24, 2.45) is 0 Å². The Morgan fingerprint density at radius 3 is 2.65 bits per heavy atom. The molecule has 106 valence electrons. The zero-order chi connectivity index (χ0) is 14.5. The molecule has 0 saturated carbocycles. The summed E-state index contributed by atoms with van der Waals surface area (Å²) in [6.45, 7) is 4.66. The normalized spacial score (nSPS) is 10.5. The Kier molecular flexibility index (Phi) is 4.74. The van der Waals surface area contributed by atoms with Gasteiger partial charge < -0.3 is 11.1 Å². The SMILES string of the molecule is CCc1cc(C(=O)NCc2ccc(CC)s2)cc(N)n1. The number of nitrogen functional groups attached to an aromatic ring is 1. The van der Waals surface area contributed by atoms with Gasteiger partial charge in [-0.05, 0) is 37.1 Å². The molecule has 0 radical (unpaired) electrons. The summed E-state index contributed by atoms with van der Waals surface area (Å²) >= 11 is 1.73. The van der Waals surface area contributed by atoms with Gasteiger partial charge in [0, 0.05) is 21.0 Å². The molecule has 0 saturated heterocycles. The lowest BCUT2D eigenvalue weighted by molar-refractivity contribution is 0.0951. The fourth-order valence-electron chi connectivity index (χ4n) is 1.90. The third kappa shape index (κ3) is 3.57. The fourth-order valence-corrected chi connectivity index (χ4v) is 2.80. The van der Waals surface area contributed by atoms with Crippen molar-refractivity contribution in [2.75, 3.05) is 5.73 Å². The topological polar surface area (TPSA) is 68.0 Å². The number of hydrogen-bond donors (Lipinski definition) is 2. The lowest BCUT2D eigenvalue weighted by Gasteiger charge is -2.06. The minimum absolute atomic E-state index is 0.111. The number of nitrogens with one attached hydrogen (secondary N) is 1. The summed E-state index contributed by atoms with van der Waals surface area (Å²) in [5.41, 5.74) is 7.12. The highest BCUT2D eigenvalue weighted by Crippen LogP contribution is 2.17. The third-order valence-electron chi connectivity index (χ3n) is 3.01. The van der Waals surface area contributed by atoms with Crippen LogP contribution < -0.4 is 11.1 Å². The zero-order valence-electron chi connectivity index (χ0n) is 11.8. The van der Waals surface area contributed by atoms with Gasteiger partial charge in [0.05, 0.1) is 6.54 Å². The first kappa shape index (κ1) is 14.5. The molecule has 1 amide bonds. The monoisotopic (exact) mass is 289 g/mol. The predicted octanol–water partition coefficient (Wildman–Crippen LogP) is 2.78. The Balaban J connectivity index is 2.02. The van der Waals surface area contributed by atoms with E-state index in [1.807, 2.05) is 6.92 Å². The van der Waals surface area contributed by atoms with Gasteiger partial charge in [0.25, 0.3) is 5.91 Å². The number of hydrogen-bond acceptors (Lipinski definition) is 4. The Morgan fingerprint density at radius 2 is 2.00 bits per heavy atom. The number of amides is 1. The van der Waals surface area contributed by atoms with Gasteiger partial charge in [-0.3, -0.25) is 4.79 Å². The number of anilines is 1. The van der Waals surface area contributed by atoms with Crippen LogP contribution in [0.5, 0.6) is 0 Å². The molecule has 4 nitrogen and oxygen atoms in total. The summed E-state index contributed by atoms with van der Waals surface area (Å²) in [5.74, 6) is 0.277. The molecular formula is C15H19N3OS. The first-order valence-electron chi connectivity index (χ1n) is 6.74. The quantitative estimate of drug-likeness (QED) is 0.889. The van der Waals surface area contributed by atoms with Gasteiger partial charge in [0.2, 0.25) is 0 Å². The van der Waals surface area contributed by atoms with E-state index < -0.39 is 0 Å². The van der Waals surface area contributed by atoms with Gasteiger partial charge in [-0.2, -0.15) is 0 Å². The van der Waals surface area contributed by atoms with Crippen LogP contribution in [-0.4, -0.2) is 10.9 Å². The number of carbonyl (C=O) groups excluding carboxylic acids is 1. The van der Waals surface area contributed by atoms with E-state index in [1.165, 1.54) is 4.88 Å². The van der Waals surface area contributed by atoms with Gasteiger partial charge in [-0.15, -0.1) is 11.3 Å². The second-order valence-electron chi connectivity index (χ2n) is 4.53. The van der Waals surface area contributed by atoms with Crippen molar-refractivity contribution < 1.29 is 4.79 Å². The van der Waals surface area contributed by atoms with Crippen LogP contribution in [-0.2, 0) is 19.4 Å². The number of carbonyl (C=O) groups is 1. The minimum Gasteiger partial charge on any atom is -0.384 e. The molecule has 0 atom stereocenters. The van der Waals surface area contributed by atoms with Crippen LogP contribution in [0, 0.1) is 0 Å². The molecule has 0 aliphatic carbocycles. The average molecular weight is 289 g/mol. The molecule has 2 aromatic heterocycles. The molecular weight excluding hydrogens is 270 g/mol. The maximum absolute atomic E-state index is 12.1. The van der Waals surface area contributed by atoms with Crippen LogP contribution in [0.4, 0.5) is 5.82 Å². The maximum atomic E-state index is 12.1. The van der Waals surface area contributed by atoms with E-state index in [0.29, 0.717) is 17.9 Å². The largest absolute Gasteiger partial charge is 0.384 e. The highest BCUT2D eigenvalue weighted by molar-refractivity contribution is 7.11. The van der Waals surface area contributed by atoms with Crippen molar-refractivity contribution in [2.45, 2.75) is 33.2 Å². The summed E-state index contributed by atoms with van der Waals surface area (Å²) < 4.78 is 0. The number of nitrogens with two attached hydrogens (primary N) is 1. The predicted molar refractivity (Wildman–Crippen MR) is 82.9 cm³/mol. The van der Waals surface area contributed by atoms with E-state index in [9.17, 15) is 4.79 Å². The van der Waals surface area contributed by atoms with E-state index >= 15 is 0 Å². The molecule has 3 N–H and O–H groups in total. The van der Waals surface area contributed by atoms with Crippen molar-refractivity contribution in [1.29, 1.82) is 0 Å². The molecule has 0 spiro atoms. The van der Waals surface area contributed by atoms with Gasteiger partial charge in [0.15, 0.2) is 0 Å². The Hall–Kier alpha value is -1.88. The molecule has 0 fully saturated rings. The second kappa shape index (κ2) is 6.52. The molecule has 0 bridgehead atoms. The highest BCUT2D eigenvalue weighted by Gasteiger charge is 2.09. The second-order valence-corrected chi connectivity index (χ2v) is 5.78. The van der Waals surface area contributed by atoms with Crippen molar-refractivity contribution in [3.63, 3.8) is 0 Å². The van der Waals surface area contributed by atoms with Crippen LogP contribution in [0.2, 0.25) is 0 Å². The molecule has 0 aliphatic heterocycles. The van der Waals surface area contributed by atoms with Crippen molar-refractivity contribution in [3.05, 3.63) is 45.3 Å². The highest BCUT2D eigenvalue weighted by atomic mass is 32.1. The van der Waals surface area contributed by atoms with Crippen LogP contribution in [0.15, 0.2) is 24.3 Å². The van der Waals surface area contributed by atoms with E-state index in [1.54, 1.807) is 23.5 Å². The maximum Gasteiger partial charge on any atom is 0.251 e. The van der Waals surface area contributed by atoms with Gasteiger partial charge in [0.1, 0.15) is 5.82 Å². The molecule has 20 heavy (non-hydrogen) atoms. The average Bonchev–Trinajstić information content (AvgIpc) is 2.92. The van der Waals surface area contributed by atoms with Crippen LogP contribution in [0.3, 0.4) is 0 Å². The van der Waals surface area contributed by atoms with Crippen LogP contribution >= 0.6 is 11.3 Å². The lowest BCUT2D eigenvalue weighted by atomic mass is 10.2. The van der Waals surface area contributed by atoms with E-state index in [-0.39, 0.29) is 5.91 Å². The zero-order valence-corrected chi connectivity index (χ0v) is 12.6. The summed E-state index contributed by atoms with van der Waals surface area (Å²) in [4.78, 5) is 18.8. The minimum atomic E-state index is -0.111. The number of rotatable bonds is 5. The Bertz CT molecular complexity index is 607. The van der Waals surface area contributed by atoms with Gasteiger partial charge >= 0.3 is 0 Å². The van der Waals surface area contributed by atoms with Crippen LogP contribution in [0.25, 0.3) is 0 Å². The lowest BCUT2D eigenvalue weighted by Crippen LogP contribution is -2.22. The molecule has 5 heteroatoms. The summed E-state index contributed by atoms with van der Waals surface area (Å²) in [6.07, 6.45) is 1.79. The summed E-state index contributed by atoms with van der Waals surface area (Å²) in [7, 11) is 0. The molecule has 2 heterocycles. The standard InChI is InChI=1S/C15H19N3OS/c1-3-11-7-10(8-14(16)18-11)15(19)17-9-13-6-5-12(4-2)20-13/h5-8H,3-4,9H2,1-2H3,(H2,16,18)(H,17,19). The smallest absolute Gasteiger partial charge is 0.251 e. The molecule has 0 aliphatic rings. The Labute approximate surface area is 123 Å². The van der Waals surface area contributed by atoms with Crippen molar-refractivity contribution >= 4 is 23.1 Å². The van der Waals surface area contributed by atoms with Crippen LogP contribution in [0.1, 0.15) is 39.7 Å². The van der Waals surface area contributed by atoms with Gasteiger partial charge in [-0.1, -0.05) is 13.8 Å². The number of aromatic nitrogens is 1. The van der Waals surface area contributed by atoms with E-state index in [2.05, 4.69) is 29.4 Å². The fraction of sp³-hybridized carbons (Fsp3) is 0.333. The first-order valence-corrected chi connectivity index (χ1v) is 7.56. The summed E-state index contributed by atoms with van der Waals surface area (Å²) in [5, 5.41) is 2.92. The number of pyridine rings is 1. The van der Waals surface area contributed by atoms with Gasteiger partial charge in [-0.25, -0.2) is 4.98 Å². The molecule has 0 unspecified atom stereocenters. The molecule has 2 aromatic rings. The third-order valence-corrected chi connectivity index (χ3v) is 4.24. The number of thiophene rings is 1. The Morgan fingerprint density at radius 1 is 1.25 bits per heavy atom. The first-order chi connectivity index (χ1) is 9.62. The van der Waals surface area contributed by atoms with E-state index in [4.69, 9.17) is 5.73 Å². The molecule has 0 aromatic carbocycles. The van der Waals surface area contributed by atoms with E-state index in [0.717, 1.165) is 23.4 Å².